The van der Waals surface area contributed by atoms with Gasteiger partial charge in [-0.2, -0.15) is 23.1 Å². The highest BCUT2D eigenvalue weighted by Crippen LogP contribution is 2.42. The molecule has 0 radical (unpaired) electrons. The van der Waals surface area contributed by atoms with Crippen molar-refractivity contribution < 1.29 is 44.4 Å². The molecule has 0 bridgehead atoms. The highest BCUT2D eigenvalue weighted by molar-refractivity contribution is 7.90. The molecule has 0 saturated heterocycles. The number of imidazole rings is 1. The number of anilines is 3. The quantitative estimate of drug-likeness (QED) is 0.254. The minimum atomic E-state index is -5.33. The molecule has 0 spiro atoms. The van der Waals surface area contributed by atoms with Crippen molar-refractivity contribution in [3.63, 3.8) is 0 Å². The van der Waals surface area contributed by atoms with Gasteiger partial charge in [0.1, 0.15) is 16.9 Å². The molecule has 2 aromatic carbocycles. The van der Waals surface area contributed by atoms with E-state index in [4.69, 9.17) is 5.73 Å². The van der Waals surface area contributed by atoms with E-state index < -0.39 is 58.3 Å². The number of aromatic nitrogens is 6. The van der Waals surface area contributed by atoms with Crippen LogP contribution in [0.1, 0.15) is 25.3 Å². The van der Waals surface area contributed by atoms with Crippen LogP contribution in [0.5, 0.6) is 0 Å². The van der Waals surface area contributed by atoms with Gasteiger partial charge in [0.05, 0.1) is 22.5 Å². The summed E-state index contributed by atoms with van der Waals surface area (Å²) in [6.45, 7) is 0. The molecule has 1 atom stereocenters. The maximum atomic E-state index is 14.8. The molecular weight excluding hydrogens is 650 g/mol. The van der Waals surface area contributed by atoms with E-state index in [1.807, 2.05) is 0 Å². The number of carbonyl (C=O) groups is 1. The molecule has 1 unspecified atom stereocenters. The van der Waals surface area contributed by atoms with Gasteiger partial charge in [-0.15, -0.1) is 5.10 Å². The van der Waals surface area contributed by atoms with E-state index in [1.54, 1.807) is 0 Å². The van der Waals surface area contributed by atoms with Gasteiger partial charge in [0, 0.05) is 30.5 Å². The summed E-state index contributed by atoms with van der Waals surface area (Å²) in [5.41, 5.74) is 4.48. The third-order valence-electron chi connectivity index (χ3n) is 7.30. The molecule has 3 heterocycles. The number of rotatable bonds is 6. The van der Waals surface area contributed by atoms with E-state index in [9.17, 15) is 44.3 Å². The minimum absolute atomic E-state index is 0.00464. The zero-order valence-corrected chi connectivity index (χ0v) is 24.0. The van der Waals surface area contributed by atoms with Gasteiger partial charge in [-0.1, -0.05) is 10.9 Å². The molecule has 242 valence electrons. The molecule has 3 aromatic heterocycles. The van der Waals surface area contributed by atoms with Gasteiger partial charge in [0.25, 0.3) is 0 Å². The van der Waals surface area contributed by atoms with E-state index >= 15 is 0 Å². The normalized spacial score (nSPS) is 16.7. The monoisotopic (exact) mass is 670 g/mol. The lowest BCUT2D eigenvalue weighted by molar-refractivity contribution is -0.200. The average Bonchev–Trinajstić information content (AvgIpc) is 3.61. The predicted molar refractivity (Wildman–Crippen MR) is 149 cm³/mol. The van der Waals surface area contributed by atoms with E-state index in [0.29, 0.717) is 4.85 Å². The molecule has 13 nitrogen and oxygen atoms in total. The average molecular weight is 671 g/mol. The van der Waals surface area contributed by atoms with E-state index in [1.165, 1.54) is 18.2 Å². The summed E-state index contributed by atoms with van der Waals surface area (Å²) in [7, 11) is -3.73. The Balaban J connectivity index is 1.53. The van der Waals surface area contributed by atoms with Crippen molar-refractivity contribution >= 4 is 55.3 Å². The lowest BCUT2D eigenvalue weighted by Crippen LogP contribution is -2.33. The number of halogens is 6. The number of alkyl halides is 5. The molecular formula is C26H20F6N8O5S. The standard InChI is InChI=1S/C26H20F6N8O5S/c1-46(43,44)13-5-6-16(15(27)9-13)35-23-36-20(33)19-21(37-23)38(12-7-8-25(28,29)10-12)24(42)39(19)17-3-2-4-18-14(17)11-34-40(18)45-22(41)26(30,31)32/h2-6,9,11-12H,7-8,10H2,1H3,(H3,33,35,36,37). The van der Waals surface area contributed by atoms with Crippen LogP contribution in [-0.2, 0) is 14.6 Å². The Labute approximate surface area is 253 Å². The first-order valence-corrected chi connectivity index (χ1v) is 15.1. The van der Waals surface area contributed by atoms with Crippen molar-refractivity contribution in [2.24, 2.45) is 0 Å². The van der Waals surface area contributed by atoms with Crippen LogP contribution in [0.3, 0.4) is 0 Å². The van der Waals surface area contributed by atoms with Crippen LogP contribution in [0.4, 0.5) is 43.8 Å². The van der Waals surface area contributed by atoms with Crippen LogP contribution < -0.4 is 21.6 Å². The van der Waals surface area contributed by atoms with Gasteiger partial charge in [0.15, 0.2) is 21.3 Å². The molecule has 3 N–H and O–H groups in total. The number of nitrogens with two attached hydrogens (primary N) is 1. The van der Waals surface area contributed by atoms with Gasteiger partial charge in [-0.05, 0) is 36.8 Å². The lowest BCUT2D eigenvalue weighted by Gasteiger charge is -2.13. The highest BCUT2D eigenvalue weighted by Gasteiger charge is 2.43. The number of sulfone groups is 1. The molecule has 0 aliphatic heterocycles. The SMILES string of the molecule is CS(=O)(=O)c1ccc(Nc2nc(N)c3c(n2)n(C2CCC(F)(F)C2)c(=O)n3-c2cccc3c2cnn3OC(=O)C(F)(F)F)c(F)c1. The Bertz CT molecular complexity index is 2230. The molecule has 6 rings (SSSR count). The van der Waals surface area contributed by atoms with Crippen LogP contribution >= 0.6 is 0 Å². The smallest absolute Gasteiger partial charge is 0.382 e. The number of hydrogen-bond acceptors (Lipinski definition) is 10. The first-order valence-electron chi connectivity index (χ1n) is 13.2. The highest BCUT2D eigenvalue weighted by atomic mass is 32.2. The van der Waals surface area contributed by atoms with Crippen molar-refractivity contribution in [1.29, 1.82) is 0 Å². The summed E-state index contributed by atoms with van der Waals surface area (Å²) < 4.78 is 107. The molecule has 20 heteroatoms. The van der Waals surface area contributed by atoms with E-state index in [2.05, 4.69) is 25.2 Å². The predicted octanol–water partition coefficient (Wildman–Crippen LogP) is 3.68. The Morgan fingerprint density at radius 3 is 2.54 bits per heavy atom. The molecule has 1 aliphatic rings. The summed E-state index contributed by atoms with van der Waals surface area (Å²) in [5, 5.41) is 6.22. The molecule has 1 aliphatic carbocycles. The second kappa shape index (κ2) is 10.5. The summed E-state index contributed by atoms with van der Waals surface area (Å²) in [5.74, 6) is -7.40. The number of nitrogens with zero attached hydrogens (tertiary/aromatic N) is 6. The zero-order chi connectivity index (χ0) is 33.3. The third kappa shape index (κ3) is 5.37. The second-order valence-corrected chi connectivity index (χ2v) is 12.5. The van der Waals surface area contributed by atoms with Gasteiger partial charge in [-0.3, -0.25) is 9.13 Å². The fraction of sp³-hybridized carbons (Fsp3) is 0.269. The summed E-state index contributed by atoms with van der Waals surface area (Å²) >= 11 is 0. The molecule has 46 heavy (non-hydrogen) atoms. The maximum Gasteiger partial charge on any atom is 0.493 e. The lowest BCUT2D eigenvalue weighted by atomic mass is 10.2. The van der Waals surface area contributed by atoms with Gasteiger partial charge in [-0.25, -0.2) is 31.2 Å². The van der Waals surface area contributed by atoms with Crippen molar-refractivity contribution in [3.05, 3.63) is 58.9 Å². The molecule has 5 aromatic rings. The first kappa shape index (κ1) is 30.9. The fourth-order valence-corrected chi connectivity index (χ4v) is 5.88. The summed E-state index contributed by atoms with van der Waals surface area (Å²) in [6.07, 6.45) is -4.81. The van der Waals surface area contributed by atoms with Gasteiger partial charge < -0.3 is 15.9 Å². The summed E-state index contributed by atoms with van der Waals surface area (Å²) in [6, 6.07) is 5.85. The van der Waals surface area contributed by atoms with Crippen LogP contribution in [-0.4, -0.2) is 61.8 Å². The van der Waals surface area contributed by atoms with Crippen LogP contribution in [0.15, 0.2) is 52.3 Å². The number of nitrogens with one attached hydrogen (secondary N) is 1. The number of benzene rings is 2. The van der Waals surface area contributed by atoms with E-state index in [-0.39, 0.29) is 56.5 Å². The molecule has 1 fully saturated rings. The Morgan fingerprint density at radius 2 is 1.91 bits per heavy atom. The second-order valence-electron chi connectivity index (χ2n) is 10.5. The number of hydrogen-bond donors (Lipinski definition) is 2. The largest absolute Gasteiger partial charge is 0.493 e. The van der Waals surface area contributed by atoms with Crippen molar-refractivity contribution in [2.75, 3.05) is 17.3 Å². The Kier molecular flexibility index (Phi) is 7.02. The minimum Gasteiger partial charge on any atom is -0.382 e. The van der Waals surface area contributed by atoms with Gasteiger partial charge in [0.2, 0.25) is 11.9 Å². The Hall–Kier alpha value is -5.14. The number of nitrogen functional groups attached to an aromatic ring is 1. The third-order valence-corrected chi connectivity index (χ3v) is 8.41. The van der Waals surface area contributed by atoms with Crippen LogP contribution in [0, 0.1) is 5.82 Å². The molecule has 0 amide bonds. The van der Waals surface area contributed by atoms with Crippen molar-refractivity contribution in [2.45, 2.75) is 42.3 Å². The first-order chi connectivity index (χ1) is 21.4. The van der Waals surface area contributed by atoms with Crippen molar-refractivity contribution in [3.8, 4) is 5.69 Å². The number of carbonyl (C=O) groups excluding carboxylic acids is 1. The number of fused-ring (bicyclic) bond motifs is 2. The van der Waals surface area contributed by atoms with Gasteiger partial charge >= 0.3 is 17.8 Å². The fourth-order valence-electron chi connectivity index (χ4n) is 5.25. The summed E-state index contributed by atoms with van der Waals surface area (Å²) in [4.78, 5) is 38.2. The maximum absolute atomic E-state index is 14.8. The topological polar surface area (TPSA) is 169 Å². The van der Waals surface area contributed by atoms with E-state index in [0.717, 1.165) is 39.8 Å². The zero-order valence-electron chi connectivity index (χ0n) is 23.2. The van der Waals surface area contributed by atoms with Crippen LogP contribution in [0.25, 0.3) is 27.8 Å². The Morgan fingerprint density at radius 1 is 1.17 bits per heavy atom. The molecule has 1 saturated carbocycles. The van der Waals surface area contributed by atoms with Crippen LogP contribution in [0.2, 0.25) is 0 Å². The van der Waals surface area contributed by atoms with Crippen molar-refractivity contribution in [1.82, 2.24) is 29.0 Å².